The van der Waals surface area contributed by atoms with Gasteiger partial charge in [0.15, 0.2) is 5.58 Å². The number of benzene rings is 1. The van der Waals surface area contributed by atoms with Crippen molar-refractivity contribution < 1.29 is 18.9 Å². The molecule has 1 saturated carbocycles. The molecular weight excluding hydrogens is 416 g/mol. The normalized spacial score (nSPS) is 23.4. The van der Waals surface area contributed by atoms with Crippen LogP contribution in [0.15, 0.2) is 27.4 Å². The third kappa shape index (κ3) is 3.78. The Hall–Kier alpha value is -3.17. The monoisotopic (exact) mass is 442 g/mol. The van der Waals surface area contributed by atoms with E-state index in [4.69, 9.17) is 4.42 Å². The molecule has 0 N–H and O–H groups in total. The summed E-state index contributed by atoms with van der Waals surface area (Å²) in [5.74, 6) is 0.106. The molecule has 2 saturated heterocycles. The molecule has 3 aliphatic rings. The van der Waals surface area contributed by atoms with Crippen LogP contribution in [0.4, 0.5) is 5.69 Å². The lowest BCUT2D eigenvalue weighted by molar-refractivity contribution is -0.384. The molecule has 170 valence electrons. The van der Waals surface area contributed by atoms with Crippen LogP contribution in [0, 0.1) is 16.0 Å². The molecule has 10 nitrogen and oxygen atoms in total. The van der Waals surface area contributed by atoms with Gasteiger partial charge in [0.1, 0.15) is 0 Å². The Labute approximate surface area is 183 Å². The minimum atomic E-state index is -0.583. The first kappa shape index (κ1) is 20.7. The molecule has 2 amide bonds. The summed E-state index contributed by atoms with van der Waals surface area (Å²) >= 11 is 0. The third-order valence-corrected chi connectivity index (χ3v) is 7.00. The summed E-state index contributed by atoms with van der Waals surface area (Å²) in [6.45, 7) is 1.66. The van der Waals surface area contributed by atoms with Gasteiger partial charge in [-0.2, -0.15) is 0 Å². The number of rotatable bonds is 6. The summed E-state index contributed by atoms with van der Waals surface area (Å²) in [6, 6.07) is 4.77. The standard InChI is InChI=1S/C22H26N4O6/c27-20(23-11-9-17-14(13-23)3-8-21(28)25(17)15-4-5-15)2-1-10-24-18-7-6-16(26(30)31)12-19(18)32-22(24)29/h6-7,12,14-15,17H,1-5,8-11,13H2/t14-,17-/m0/s1. The van der Waals surface area contributed by atoms with Gasteiger partial charge in [0.2, 0.25) is 11.8 Å². The zero-order chi connectivity index (χ0) is 22.4. The van der Waals surface area contributed by atoms with Crippen molar-refractivity contribution in [3.05, 3.63) is 38.9 Å². The van der Waals surface area contributed by atoms with Gasteiger partial charge in [0.05, 0.1) is 16.5 Å². The highest BCUT2D eigenvalue weighted by atomic mass is 16.6. The summed E-state index contributed by atoms with van der Waals surface area (Å²) in [6.07, 6.45) is 5.26. The van der Waals surface area contributed by atoms with Crippen LogP contribution in [0.1, 0.15) is 44.9 Å². The van der Waals surface area contributed by atoms with Crippen LogP contribution >= 0.6 is 0 Å². The van der Waals surface area contributed by atoms with Gasteiger partial charge in [0, 0.05) is 50.6 Å². The lowest BCUT2D eigenvalue weighted by atomic mass is 9.83. The van der Waals surface area contributed by atoms with E-state index in [-0.39, 0.29) is 29.1 Å². The zero-order valence-corrected chi connectivity index (χ0v) is 17.8. The summed E-state index contributed by atoms with van der Waals surface area (Å²) in [4.78, 5) is 51.7. The minimum absolute atomic E-state index is 0.0646. The fourth-order valence-corrected chi connectivity index (χ4v) is 5.27. The van der Waals surface area contributed by atoms with Crippen LogP contribution in [0.3, 0.4) is 0 Å². The van der Waals surface area contributed by atoms with E-state index in [2.05, 4.69) is 4.90 Å². The number of nitrogens with zero attached hydrogens (tertiary/aromatic N) is 4. The summed E-state index contributed by atoms with van der Waals surface area (Å²) in [7, 11) is 0. The van der Waals surface area contributed by atoms with Crippen molar-refractivity contribution in [3.8, 4) is 0 Å². The van der Waals surface area contributed by atoms with E-state index in [0.717, 1.165) is 25.7 Å². The van der Waals surface area contributed by atoms with Gasteiger partial charge in [0.25, 0.3) is 5.69 Å². The fourth-order valence-electron chi connectivity index (χ4n) is 5.27. The third-order valence-electron chi connectivity index (χ3n) is 7.00. The number of fused-ring (bicyclic) bond motifs is 2. The first-order chi connectivity index (χ1) is 15.4. The second kappa shape index (κ2) is 8.07. The highest BCUT2D eigenvalue weighted by molar-refractivity contribution is 5.79. The number of carbonyl (C=O) groups excluding carboxylic acids is 2. The second-order valence-corrected chi connectivity index (χ2v) is 9.06. The average molecular weight is 442 g/mol. The van der Waals surface area contributed by atoms with Crippen LogP contribution < -0.4 is 5.76 Å². The van der Waals surface area contributed by atoms with Crippen molar-refractivity contribution in [3.63, 3.8) is 0 Å². The number of nitro benzene ring substituents is 1. The second-order valence-electron chi connectivity index (χ2n) is 9.06. The summed E-state index contributed by atoms with van der Waals surface area (Å²) in [5, 5.41) is 10.9. The van der Waals surface area contributed by atoms with Crippen LogP contribution in [0.2, 0.25) is 0 Å². The number of aromatic nitrogens is 1. The molecule has 1 aromatic heterocycles. The van der Waals surface area contributed by atoms with Gasteiger partial charge < -0.3 is 14.2 Å². The molecule has 0 spiro atoms. The highest BCUT2D eigenvalue weighted by Crippen LogP contribution is 2.39. The van der Waals surface area contributed by atoms with Crippen molar-refractivity contribution in [2.24, 2.45) is 5.92 Å². The smallest absolute Gasteiger partial charge is 0.407 e. The topological polar surface area (TPSA) is 119 Å². The summed E-state index contributed by atoms with van der Waals surface area (Å²) in [5.41, 5.74) is 0.521. The Balaban J connectivity index is 1.18. The number of amides is 2. The number of oxazole rings is 1. The number of hydrogen-bond acceptors (Lipinski definition) is 6. The van der Waals surface area contributed by atoms with Crippen LogP contribution in [-0.2, 0) is 16.1 Å². The molecule has 1 aliphatic carbocycles. The maximum atomic E-state index is 12.8. The molecule has 1 aromatic carbocycles. The Morgan fingerprint density at radius 2 is 2.00 bits per heavy atom. The lowest BCUT2D eigenvalue weighted by Crippen LogP contribution is -2.57. The predicted octanol–water partition coefficient (Wildman–Crippen LogP) is 2.28. The molecule has 5 rings (SSSR count). The number of hydrogen-bond donors (Lipinski definition) is 0. The van der Waals surface area contributed by atoms with E-state index < -0.39 is 10.7 Å². The highest BCUT2D eigenvalue weighted by Gasteiger charge is 2.45. The van der Waals surface area contributed by atoms with E-state index in [1.54, 1.807) is 0 Å². The first-order valence-corrected chi connectivity index (χ1v) is 11.3. The van der Waals surface area contributed by atoms with E-state index in [1.807, 2.05) is 4.90 Å². The van der Waals surface area contributed by atoms with E-state index in [1.165, 1.54) is 22.8 Å². The van der Waals surface area contributed by atoms with E-state index in [0.29, 0.717) is 56.4 Å². The van der Waals surface area contributed by atoms with Crippen LogP contribution in [-0.4, -0.2) is 56.3 Å². The predicted molar refractivity (Wildman–Crippen MR) is 114 cm³/mol. The van der Waals surface area contributed by atoms with Gasteiger partial charge >= 0.3 is 5.76 Å². The van der Waals surface area contributed by atoms with Gasteiger partial charge in [-0.05, 0) is 44.1 Å². The molecule has 10 heteroatoms. The van der Waals surface area contributed by atoms with Crippen molar-refractivity contribution in [1.29, 1.82) is 0 Å². The molecule has 3 heterocycles. The molecule has 0 bridgehead atoms. The van der Waals surface area contributed by atoms with Gasteiger partial charge in [-0.1, -0.05) is 0 Å². The Morgan fingerprint density at radius 1 is 1.19 bits per heavy atom. The zero-order valence-electron chi connectivity index (χ0n) is 17.8. The van der Waals surface area contributed by atoms with Crippen molar-refractivity contribution in [2.75, 3.05) is 13.1 Å². The lowest BCUT2D eigenvalue weighted by Gasteiger charge is -2.47. The Bertz CT molecular complexity index is 1130. The Kier molecular flexibility index (Phi) is 5.22. The maximum Gasteiger partial charge on any atom is 0.419 e. The van der Waals surface area contributed by atoms with Crippen molar-refractivity contribution >= 4 is 28.6 Å². The minimum Gasteiger partial charge on any atom is -0.407 e. The number of aryl methyl sites for hydroxylation is 1. The molecule has 0 radical (unpaired) electrons. The SMILES string of the molecule is O=C(CCCn1c(=O)oc2cc([N+](=O)[O-])ccc21)N1CC[C@H]2[C@@H](CCC(=O)N2C2CC2)C1. The quantitative estimate of drug-likeness (QED) is 0.500. The number of likely N-dealkylation sites (tertiary alicyclic amines) is 2. The fraction of sp³-hybridized carbons (Fsp3) is 0.591. The van der Waals surface area contributed by atoms with Gasteiger partial charge in [-0.15, -0.1) is 0 Å². The number of carbonyl (C=O) groups is 2. The summed E-state index contributed by atoms with van der Waals surface area (Å²) < 4.78 is 6.56. The van der Waals surface area contributed by atoms with E-state index in [9.17, 15) is 24.5 Å². The van der Waals surface area contributed by atoms with Gasteiger partial charge in [-0.3, -0.25) is 24.3 Å². The molecule has 2 aromatic rings. The maximum absolute atomic E-state index is 12.8. The molecule has 0 unspecified atom stereocenters. The van der Waals surface area contributed by atoms with Crippen molar-refractivity contribution in [1.82, 2.24) is 14.4 Å². The molecule has 3 fully saturated rings. The Morgan fingerprint density at radius 3 is 2.75 bits per heavy atom. The van der Waals surface area contributed by atoms with E-state index >= 15 is 0 Å². The molecule has 2 atom stereocenters. The van der Waals surface area contributed by atoms with Crippen LogP contribution in [0.25, 0.3) is 11.1 Å². The first-order valence-electron chi connectivity index (χ1n) is 11.3. The van der Waals surface area contributed by atoms with Crippen molar-refractivity contribution in [2.45, 2.75) is 63.6 Å². The number of piperidine rings is 2. The number of non-ortho nitro benzene ring substituents is 1. The molecule has 32 heavy (non-hydrogen) atoms. The molecule has 2 aliphatic heterocycles. The molecular formula is C22H26N4O6. The number of nitro groups is 1. The van der Waals surface area contributed by atoms with Gasteiger partial charge in [-0.25, -0.2) is 4.79 Å². The van der Waals surface area contributed by atoms with Crippen LogP contribution in [0.5, 0.6) is 0 Å². The average Bonchev–Trinajstić information content (AvgIpc) is 3.56. The largest absolute Gasteiger partial charge is 0.419 e.